The van der Waals surface area contributed by atoms with E-state index in [1.807, 2.05) is 44.2 Å². The zero-order valence-corrected chi connectivity index (χ0v) is 19.2. The van der Waals surface area contributed by atoms with Gasteiger partial charge in [-0.2, -0.15) is 0 Å². The first-order chi connectivity index (χ1) is 14.3. The van der Waals surface area contributed by atoms with E-state index < -0.39 is 0 Å². The zero-order valence-electron chi connectivity index (χ0n) is 19.2. The van der Waals surface area contributed by atoms with Crippen LogP contribution in [0.15, 0.2) is 90.8 Å². The van der Waals surface area contributed by atoms with Crippen LogP contribution in [-0.4, -0.2) is 12.3 Å². The summed E-state index contributed by atoms with van der Waals surface area (Å²) in [5.74, 6) is 0.672. The molecule has 162 valence electrons. The maximum Gasteiger partial charge on any atom is 0.129 e. The third kappa shape index (κ3) is 11.2. The third-order valence-electron chi connectivity index (χ3n) is 4.17. The molecule has 0 aliphatic carbocycles. The molecule has 0 aliphatic rings. The van der Waals surface area contributed by atoms with Gasteiger partial charge in [0, 0.05) is 5.71 Å². The summed E-state index contributed by atoms with van der Waals surface area (Å²) in [7, 11) is 0. The van der Waals surface area contributed by atoms with E-state index in [-0.39, 0.29) is 5.82 Å². The predicted octanol–water partition coefficient (Wildman–Crippen LogP) is 8.15. The summed E-state index contributed by atoms with van der Waals surface area (Å²) in [5.41, 5.74) is 4.34. The predicted molar refractivity (Wildman–Crippen MR) is 131 cm³/mol. The van der Waals surface area contributed by atoms with Gasteiger partial charge in [-0.1, -0.05) is 75.6 Å². The Kier molecular flexibility index (Phi) is 14.4. The lowest BCUT2D eigenvalue weighted by molar-refractivity contribution is 0.240. The number of benzene rings is 1. The minimum absolute atomic E-state index is 0.199. The van der Waals surface area contributed by atoms with Crippen molar-refractivity contribution in [2.75, 3.05) is 6.61 Å². The van der Waals surface area contributed by atoms with Crippen LogP contribution in [0.3, 0.4) is 0 Å². The van der Waals surface area contributed by atoms with Gasteiger partial charge in [-0.3, -0.25) is 4.99 Å². The summed E-state index contributed by atoms with van der Waals surface area (Å²) in [6.07, 6.45) is 13.2. The quantitative estimate of drug-likeness (QED) is 0.217. The van der Waals surface area contributed by atoms with Crippen molar-refractivity contribution in [1.82, 2.24) is 0 Å². The zero-order chi connectivity index (χ0) is 22.9. The van der Waals surface area contributed by atoms with Crippen LogP contribution in [0.1, 0.15) is 51.7 Å². The largest absolute Gasteiger partial charge is 0.492 e. The molecule has 0 fully saturated rings. The van der Waals surface area contributed by atoms with E-state index >= 15 is 0 Å². The Morgan fingerprint density at radius 2 is 1.90 bits per heavy atom. The summed E-state index contributed by atoms with van der Waals surface area (Å²) in [4.78, 5) is 4.54. The molecule has 0 amide bonds. The maximum atomic E-state index is 13.0. The Bertz CT molecular complexity index is 825. The molecular formula is C27H36FNO. The van der Waals surface area contributed by atoms with Gasteiger partial charge in [0.25, 0.3) is 0 Å². The second-order valence-electron chi connectivity index (χ2n) is 6.71. The molecule has 0 radical (unpaired) electrons. The smallest absolute Gasteiger partial charge is 0.129 e. The fraction of sp³-hybridized carbons (Fsp3) is 0.296. The van der Waals surface area contributed by atoms with E-state index in [9.17, 15) is 4.39 Å². The topological polar surface area (TPSA) is 21.6 Å². The Balaban J connectivity index is 0.000000604. The summed E-state index contributed by atoms with van der Waals surface area (Å²) in [5, 5.41) is 0. The van der Waals surface area contributed by atoms with Crippen LogP contribution >= 0.6 is 0 Å². The molecule has 0 unspecified atom stereocenters. The second-order valence-corrected chi connectivity index (χ2v) is 6.71. The Labute approximate surface area is 182 Å². The normalized spacial score (nSPS) is 12.3. The van der Waals surface area contributed by atoms with Crippen LogP contribution in [0.2, 0.25) is 0 Å². The SMILES string of the molecule is C=C/C=C\C=C(/C)OC/C(=C/C)N=C(C)CCC.C=CC(=C)c1cccc(F)c1C. The number of aliphatic imine (C=N–C) groups is 1. The lowest BCUT2D eigenvalue weighted by Gasteiger charge is -2.07. The number of allylic oxidation sites excluding steroid dienone is 8. The first-order valence-corrected chi connectivity index (χ1v) is 10.2. The molecule has 0 saturated carbocycles. The molecule has 0 bridgehead atoms. The highest BCUT2D eigenvalue weighted by Gasteiger charge is 2.03. The first kappa shape index (κ1) is 27.1. The fourth-order valence-corrected chi connectivity index (χ4v) is 2.41. The number of halogens is 1. The van der Waals surface area contributed by atoms with Crippen molar-refractivity contribution >= 4 is 11.3 Å². The summed E-state index contributed by atoms with van der Waals surface area (Å²) in [6.45, 7) is 21.3. The van der Waals surface area contributed by atoms with Gasteiger partial charge in [0.15, 0.2) is 0 Å². The van der Waals surface area contributed by atoms with Gasteiger partial charge in [-0.25, -0.2) is 4.39 Å². The third-order valence-corrected chi connectivity index (χ3v) is 4.17. The van der Waals surface area contributed by atoms with Crippen molar-refractivity contribution in [3.05, 3.63) is 103 Å². The highest BCUT2D eigenvalue weighted by molar-refractivity contribution is 5.82. The maximum absolute atomic E-state index is 13.0. The molecule has 0 N–H and O–H groups in total. The first-order valence-electron chi connectivity index (χ1n) is 10.2. The molecule has 1 aromatic rings. The van der Waals surface area contributed by atoms with E-state index in [2.05, 4.69) is 38.6 Å². The molecule has 0 aliphatic heterocycles. The highest BCUT2D eigenvalue weighted by Crippen LogP contribution is 2.19. The minimum Gasteiger partial charge on any atom is -0.492 e. The van der Waals surface area contributed by atoms with Crippen LogP contribution in [0.25, 0.3) is 5.57 Å². The molecule has 0 heterocycles. The molecule has 3 heteroatoms. The lowest BCUT2D eigenvalue weighted by atomic mass is 10.0. The van der Waals surface area contributed by atoms with Crippen molar-refractivity contribution in [3.63, 3.8) is 0 Å². The molecule has 0 spiro atoms. The average molecular weight is 410 g/mol. The van der Waals surface area contributed by atoms with Crippen LogP contribution in [0.5, 0.6) is 0 Å². The standard InChI is InChI=1S/C16H25NO.C11H11F/c1-6-9-10-12-15(5)18-13-16(8-3)17-14(4)11-7-2;1-4-8(2)10-6-5-7-11(12)9(10)3/h6,8-10,12H,1,7,11,13H2,2-5H3;4-7H,1-2H2,3H3/b10-9-,15-12+,16-8-,17-14?;. The number of rotatable bonds is 10. The van der Waals surface area contributed by atoms with Crippen molar-refractivity contribution in [1.29, 1.82) is 0 Å². The van der Waals surface area contributed by atoms with Crippen LogP contribution in [-0.2, 0) is 4.74 Å². The molecule has 0 aromatic heterocycles. The van der Waals surface area contributed by atoms with Gasteiger partial charge < -0.3 is 4.74 Å². The second kappa shape index (κ2) is 15.9. The van der Waals surface area contributed by atoms with E-state index in [1.54, 1.807) is 25.1 Å². The van der Waals surface area contributed by atoms with Gasteiger partial charge in [0.05, 0.1) is 11.5 Å². The van der Waals surface area contributed by atoms with Gasteiger partial charge in [-0.15, -0.1) is 0 Å². The fourth-order valence-electron chi connectivity index (χ4n) is 2.41. The van der Waals surface area contributed by atoms with Gasteiger partial charge >= 0.3 is 0 Å². The van der Waals surface area contributed by atoms with Gasteiger partial charge in [0.2, 0.25) is 0 Å². The van der Waals surface area contributed by atoms with Crippen LogP contribution in [0.4, 0.5) is 4.39 Å². The summed E-state index contributed by atoms with van der Waals surface area (Å²) < 4.78 is 18.6. The van der Waals surface area contributed by atoms with Gasteiger partial charge in [0.1, 0.15) is 12.4 Å². The molecule has 0 atom stereocenters. The number of ether oxygens (including phenoxy) is 1. The van der Waals surface area contributed by atoms with E-state index in [0.717, 1.165) is 41.1 Å². The van der Waals surface area contributed by atoms with Crippen molar-refractivity contribution in [2.24, 2.45) is 4.99 Å². The van der Waals surface area contributed by atoms with E-state index in [0.29, 0.717) is 12.2 Å². The molecule has 0 saturated heterocycles. The molecule has 30 heavy (non-hydrogen) atoms. The van der Waals surface area contributed by atoms with Crippen molar-refractivity contribution < 1.29 is 9.13 Å². The minimum atomic E-state index is -0.199. The van der Waals surface area contributed by atoms with Gasteiger partial charge in [-0.05, 0) is 63.0 Å². The number of nitrogens with zero attached hydrogens (tertiary/aromatic N) is 1. The van der Waals surface area contributed by atoms with E-state index in [1.165, 1.54) is 6.07 Å². The molecule has 2 nitrogen and oxygen atoms in total. The van der Waals surface area contributed by atoms with Crippen molar-refractivity contribution in [3.8, 4) is 0 Å². The lowest BCUT2D eigenvalue weighted by Crippen LogP contribution is -1.98. The average Bonchev–Trinajstić information content (AvgIpc) is 2.73. The van der Waals surface area contributed by atoms with E-state index in [4.69, 9.17) is 4.74 Å². The highest BCUT2D eigenvalue weighted by atomic mass is 19.1. The molecule has 1 rings (SSSR count). The molecular weight excluding hydrogens is 373 g/mol. The Morgan fingerprint density at radius 3 is 2.47 bits per heavy atom. The summed E-state index contributed by atoms with van der Waals surface area (Å²) in [6, 6.07) is 4.95. The monoisotopic (exact) mass is 409 g/mol. The van der Waals surface area contributed by atoms with Crippen LogP contribution < -0.4 is 0 Å². The number of hydrogen-bond donors (Lipinski definition) is 0. The van der Waals surface area contributed by atoms with Crippen molar-refractivity contribution in [2.45, 2.75) is 47.5 Å². The Morgan fingerprint density at radius 1 is 1.20 bits per heavy atom. The Hall–Kier alpha value is -2.94. The summed E-state index contributed by atoms with van der Waals surface area (Å²) >= 11 is 0. The number of hydrogen-bond acceptors (Lipinski definition) is 2. The van der Waals surface area contributed by atoms with Crippen LogP contribution in [0, 0.1) is 12.7 Å². The molecule has 1 aromatic carbocycles.